The summed E-state index contributed by atoms with van der Waals surface area (Å²) in [5.74, 6) is 0.986. The van der Waals surface area contributed by atoms with Gasteiger partial charge in [0, 0.05) is 18.8 Å². The van der Waals surface area contributed by atoms with Crippen molar-refractivity contribution >= 4 is 23.5 Å². The number of aryl methyl sites for hydroxylation is 1. The third kappa shape index (κ3) is 6.14. The van der Waals surface area contributed by atoms with Crippen LogP contribution in [0.1, 0.15) is 61.9 Å². The molecule has 1 aromatic carbocycles. The highest BCUT2D eigenvalue weighted by molar-refractivity contribution is 6.31. The van der Waals surface area contributed by atoms with Gasteiger partial charge in [-0.05, 0) is 42.9 Å². The van der Waals surface area contributed by atoms with Gasteiger partial charge in [0.2, 0.25) is 0 Å². The number of nitrogens with one attached hydrogen (secondary N) is 1. The lowest BCUT2D eigenvalue weighted by molar-refractivity contribution is -0.137. The lowest BCUT2D eigenvalue weighted by Gasteiger charge is -2.15. The van der Waals surface area contributed by atoms with Crippen LogP contribution >= 0.6 is 11.6 Å². The van der Waals surface area contributed by atoms with Gasteiger partial charge in [0.15, 0.2) is 5.82 Å². The van der Waals surface area contributed by atoms with E-state index in [-0.39, 0.29) is 22.6 Å². The van der Waals surface area contributed by atoms with Gasteiger partial charge in [-0.25, -0.2) is 0 Å². The Morgan fingerprint density at radius 2 is 2.00 bits per heavy atom. The van der Waals surface area contributed by atoms with E-state index in [1.807, 2.05) is 6.08 Å². The Morgan fingerprint density at radius 1 is 1.20 bits per heavy atom. The van der Waals surface area contributed by atoms with Crippen molar-refractivity contribution in [3.05, 3.63) is 46.2 Å². The molecule has 1 saturated carbocycles. The Balaban J connectivity index is 1.49. The second-order valence-electron chi connectivity index (χ2n) is 7.65. The van der Waals surface area contributed by atoms with Crippen LogP contribution in [0.15, 0.2) is 24.3 Å². The number of ketones is 1. The molecule has 0 unspecified atom stereocenters. The zero-order valence-corrected chi connectivity index (χ0v) is 17.2. The van der Waals surface area contributed by atoms with Crippen LogP contribution in [0.4, 0.5) is 13.2 Å². The summed E-state index contributed by atoms with van der Waals surface area (Å²) in [6.07, 6.45) is 5.91. The minimum Gasteiger partial charge on any atom is -0.299 e. The van der Waals surface area contributed by atoms with Crippen molar-refractivity contribution in [3.8, 4) is 0 Å². The predicted molar refractivity (Wildman–Crippen MR) is 108 cm³/mol. The molecule has 1 fully saturated rings. The van der Waals surface area contributed by atoms with Crippen LogP contribution in [0.5, 0.6) is 0 Å². The van der Waals surface area contributed by atoms with Crippen LogP contribution in [0.3, 0.4) is 0 Å². The first-order valence-electron chi connectivity index (χ1n) is 10.1. The Labute approximate surface area is 178 Å². The average molecular weight is 441 g/mol. The maximum atomic E-state index is 13.0. The van der Waals surface area contributed by atoms with Crippen LogP contribution in [0.25, 0.3) is 6.08 Å². The third-order valence-corrected chi connectivity index (χ3v) is 5.87. The first kappa shape index (κ1) is 22.5. The number of carbonyl (C=O) groups is 1. The molecule has 1 heterocycles. The minimum absolute atomic E-state index is 0.0483. The SMILES string of the molecule is O=C1CC[C@H](/C=C/c2ccc(Cl)c(C(F)(F)F)c2)[C@H]1CCCCCCc1nn[nH]n1. The summed E-state index contributed by atoms with van der Waals surface area (Å²) in [5, 5.41) is 13.5. The van der Waals surface area contributed by atoms with Crippen molar-refractivity contribution in [3.63, 3.8) is 0 Å². The molecule has 5 nitrogen and oxygen atoms in total. The highest BCUT2D eigenvalue weighted by Crippen LogP contribution is 2.37. The number of alkyl halides is 3. The quantitative estimate of drug-likeness (QED) is 0.509. The molecule has 3 rings (SSSR count). The molecule has 1 aliphatic rings. The van der Waals surface area contributed by atoms with Gasteiger partial charge < -0.3 is 0 Å². The number of aromatic amines is 1. The molecule has 9 heteroatoms. The fourth-order valence-electron chi connectivity index (χ4n) is 3.93. The highest BCUT2D eigenvalue weighted by atomic mass is 35.5. The summed E-state index contributed by atoms with van der Waals surface area (Å²) in [7, 11) is 0. The van der Waals surface area contributed by atoms with E-state index in [0.717, 1.165) is 51.0 Å². The Morgan fingerprint density at radius 3 is 2.73 bits per heavy atom. The van der Waals surface area contributed by atoms with Crippen molar-refractivity contribution in [2.24, 2.45) is 11.8 Å². The molecule has 2 atom stereocenters. The van der Waals surface area contributed by atoms with E-state index in [2.05, 4.69) is 20.6 Å². The molecule has 0 spiro atoms. The fraction of sp³-hybridized carbons (Fsp3) is 0.524. The maximum Gasteiger partial charge on any atom is 0.417 e. The second-order valence-corrected chi connectivity index (χ2v) is 8.06. The van der Waals surface area contributed by atoms with E-state index in [1.54, 1.807) is 12.1 Å². The lowest BCUT2D eigenvalue weighted by atomic mass is 9.89. The molecule has 0 saturated heterocycles. The number of halogens is 4. The van der Waals surface area contributed by atoms with Gasteiger partial charge in [0.05, 0.1) is 10.6 Å². The van der Waals surface area contributed by atoms with E-state index >= 15 is 0 Å². The summed E-state index contributed by atoms with van der Waals surface area (Å²) in [4.78, 5) is 12.3. The van der Waals surface area contributed by atoms with Crippen LogP contribution in [-0.2, 0) is 17.4 Å². The van der Waals surface area contributed by atoms with Crippen molar-refractivity contribution < 1.29 is 18.0 Å². The van der Waals surface area contributed by atoms with Gasteiger partial charge >= 0.3 is 6.18 Å². The largest absolute Gasteiger partial charge is 0.417 e. The molecule has 0 amide bonds. The minimum atomic E-state index is -4.49. The van der Waals surface area contributed by atoms with E-state index in [9.17, 15) is 18.0 Å². The molecule has 1 N–H and O–H groups in total. The number of unbranched alkanes of at least 4 members (excludes halogenated alkanes) is 3. The Hall–Kier alpha value is -2.22. The summed E-state index contributed by atoms with van der Waals surface area (Å²) in [5.41, 5.74) is -0.405. The van der Waals surface area contributed by atoms with Crippen molar-refractivity contribution in [1.82, 2.24) is 20.6 Å². The summed E-state index contributed by atoms with van der Waals surface area (Å²) in [6, 6.07) is 3.87. The molecule has 1 aliphatic carbocycles. The number of allylic oxidation sites excluding steroid dienone is 1. The molecule has 162 valence electrons. The second kappa shape index (κ2) is 10.2. The van der Waals surface area contributed by atoms with Gasteiger partial charge in [0.25, 0.3) is 0 Å². The number of carbonyl (C=O) groups excluding carboxylic acids is 1. The number of tetrazole rings is 1. The summed E-state index contributed by atoms with van der Waals surface area (Å²) >= 11 is 5.67. The van der Waals surface area contributed by atoms with Gasteiger partial charge in [-0.2, -0.15) is 18.4 Å². The Kier molecular flexibility index (Phi) is 7.64. The highest BCUT2D eigenvalue weighted by Gasteiger charge is 2.34. The molecule has 0 aliphatic heterocycles. The summed E-state index contributed by atoms with van der Waals surface area (Å²) in [6.45, 7) is 0. The smallest absolute Gasteiger partial charge is 0.299 e. The topological polar surface area (TPSA) is 71.5 Å². The van der Waals surface area contributed by atoms with Gasteiger partial charge in [-0.15, -0.1) is 10.2 Å². The van der Waals surface area contributed by atoms with Crippen LogP contribution in [-0.4, -0.2) is 26.4 Å². The zero-order valence-electron chi connectivity index (χ0n) is 16.5. The molecule has 30 heavy (non-hydrogen) atoms. The van der Waals surface area contributed by atoms with E-state index in [4.69, 9.17) is 11.6 Å². The van der Waals surface area contributed by atoms with Crippen molar-refractivity contribution in [1.29, 1.82) is 0 Å². The first-order chi connectivity index (χ1) is 14.3. The van der Waals surface area contributed by atoms with Crippen molar-refractivity contribution in [2.75, 3.05) is 0 Å². The number of rotatable bonds is 9. The van der Waals surface area contributed by atoms with E-state index in [0.29, 0.717) is 17.8 Å². The van der Waals surface area contributed by atoms with Crippen LogP contribution in [0, 0.1) is 11.8 Å². The number of Topliss-reactive ketones (excluding diaryl/α,β-unsaturated/α-hetero) is 1. The van der Waals surface area contributed by atoms with Gasteiger partial charge in [0.1, 0.15) is 5.78 Å². The van der Waals surface area contributed by atoms with Crippen LogP contribution < -0.4 is 0 Å². The zero-order chi connectivity index (χ0) is 21.6. The molecule has 1 aromatic heterocycles. The molecule has 0 bridgehead atoms. The van der Waals surface area contributed by atoms with Gasteiger partial charge in [-0.3, -0.25) is 4.79 Å². The number of nitrogens with zero attached hydrogens (tertiary/aromatic N) is 3. The number of aromatic nitrogens is 4. The predicted octanol–water partition coefficient (Wildman–Crippen LogP) is 5.67. The average Bonchev–Trinajstić information content (AvgIpc) is 3.33. The maximum absolute atomic E-state index is 13.0. The normalized spacial score (nSPS) is 19.8. The Bertz CT molecular complexity index is 868. The standard InChI is InChI=1S/C21H24ClF3N4O/c22-18-11-8-14(13-17(18)21(23,24)25)7-9-15-10-12-19(30)16(15)5-3-1-2-4-6-20-26-28-29-27-20/h7-9,11,13,15-16H,1-6,10,12H2,(H,26,27,28,29)/b9-7+/t15-,16+/m0/s1. The number of benzene rings is 1. The molecular weight excluding hydrogens is 417 g/mol. The monoisotopic (exact) mass is 440 g/mol. The van der Waals surface area contributed by atoms with Gasteiger partial charge in [-0.1, -0.05) is 54.3 Å². The first-order valence-corrected chi connectivity index (χ1v) is 10.5. The number of hydrogen-bond acceptors (Lipinski definition) is 4. The molecule has 0 radical (unpaired) electrons. The van der Waals surface area contributed by atoms with Crippen LogP contribution in [0.2, 0.25) is 5.02 Å². The number of H-pyrrole nitrogens is 1. The van der Waals surface area contributed by atoms with Crippen molar-refractivity contribution in [2.45, 2.75) is 57.5 Å². The molecular formula is C21H24ClF3N4O. The van der Waals surface area contributed by atoms with E-state index < -0.39 is 11.7 Å². The third-order valence-electron chi connectivity index (χ3n) is 5.54. The fourth-order valence-corrected chi connectivity index (χ4v) is 4.15. The lowest BCUT2D eigenvalue weighted by Crippen LogP contribution is -2.13. The van der Waals surface area contributed by atoms with E-state index in [1.165, 1.54) is 6.07 Å². The number of hydrogen-bond donors (Lipinski definition) is 1. The summed E-state index contributed by atoms with van der Waals surface area (Å²) < 4.78 is 39.1. The molecule has 2 aromatic rings.